The van der Waals surface area contributed by atoms with Gasteiger partial charge in [0.25, 0.3) is 0 Å². The lowest BCUT2D eigenvalue weighted by Crippen LogP contribution is -2.40. The molecule has 2 N–H and O–H groups in total. The summed E-state index contributed by atoms with van der Waals surface area (Å²) in [5.74, 6) is 0.321. The summed E-state index contributed by atoms with van der Waals surface area (Å²) in [6.45, 7) is 0.127. The van der Waals surface area contributed by atoms with Gasteiger partial charge >= 0.3 is 0 Å². The van der Waals surface area contributed by atoms with E-state index in [1.54, 1.807) is 0 Å². The van der Waals surface area contributed by atoms with Crippen molar-refractivity contribution in [2.24, 2.45) is 11.8 Å². The van der Waals surface area contributed by atoms with Crippen LogP contribution in [0.5, 0.6) is 0 Å². The number of aryl methyl sites for hydroxylation is 1. The van der Waals surface area contributed by atoms with Crippen LogP contribution in [0.15, 0.2) is 36.4 Å². The Morgan fingerprint density at radius 1 is 1.25 bits per heavy atom. The quantitative estimate of drug-likeness (QED) is 0.829. The van der Waals surface area contributed by atoms with Gasteiger partial charge < -0.3 is 10.4 Å². The van der Waals surface area contributed by atoms with Crippen LogP contribution in [-0.4, -0.2) is 17.6 Å². The van der Waals surface area contributed by atoms with Crippen LogP contribution in [-0.2, 0) is 11.2 Å². The average molecular weight is 271 g/mol. The summed E-state index contributed by atoms with van der Waals surface area (Å²) < 4.78 is 0. The molecule has 2 aliphatic rings. The van der Waals surface area contributed by atoms with Crippen LogP contribution in [0.3, 0.4) is 0 Å². The zero-order valence-corrected chi connectivity index (χ0v) is 11.6. The van der Waals surface area contributed by atoms with Crippen molar-refractivity contribution in [3.8, 4) is 0 Å². The minimum atomic E-state index is -0.0435. The molecule has 0 saturated heterocycles. The van der Waals surface area contributed by atoms with Crippen molar-refractivity contribution >= 4 is 5.91 Å². The Morgan fingerprint density at radius 3 is 2.75 bits per heavy atom. The Bertz CT molecular complexity index is 515. The topological polar surface area (TPSA) is 49.3 Å². The summed E-state index contributed by atoms with van der Waals surface area (Å²) in [7, 11) is 0. The largest absolute Gasteiger partial charge is 0.396 e. The first-order valence-electron chi connectivity index (χ1n) is 7.43. The molecule has 0 unspecified atom stereocenters. The number of aliphatic hydroxyl groups excluding tert-OH is 1. The van der Waals surface area contributed by atoms with E-state index in [4.69, 9.17) is 0 Å². The van der Waals surface area contributed by atoms with Gasteiger partial charge in [0.15, 0.2) is 0 Å². The Balaban J connectivity index is 1.80. The van der Waals surface area contributed by atoms with Crippen molar-refractivity contribution in [1.29, 1.82) is 0 Å². The fraction of sp³-hybridized carbons (Fsp3) is 0.471. The van der Waals surface area contributed by atoms with E-state index in [0.717, 1.165) is 25.7 Å². The highest BCUT2D eigenvalue weighted by molar-refractivity contribution is 5.80. The lowest BCUT2D eigenvalue weighted by atomic mass is 9.80. The highest BCUT2D eigenvalue weighted by Gasteiger charge is 2.31. The maximum atomic E-state index is 12.4. The normalized spacial score (nSPS) is 25.4. The van der Waals surface area contributed by atoms with E-state index in [0.29, 0.717) is 0 Å². The summed E-state index contributed by atoms with van der Waals surface area (Å²) in [6, 6.07) is 8.21. The van der Waals surface area contributed by atoms with Crippen LogP contribution in [0.4, 0.5) is 0 Å². The number of hydrogen-bond acceptors (Lipinski definition) is 2. The molecular formula is C17H21NO2. The van der Waals surface area contributed by atoms with E-state index in [9.17, 15) is 9.90 Å². The number of hydrogen-bond donors (Lipinski definition) is 2. The molecule has 2 aliphatic carbocycles. The minimum Gasteiger partial charge on any atom is -0.396 e. The Hall–Kier alpha value is -1.61. The van der Waals surface area contributed by atoms with E-state index in [1.807, 2.05) is 12.1 Å². The number of aliphatic hydroxyl groups is 1. The third-order valence-corrected chi connectivity index (χ3v) is 4.56. The maximum Gasteiger partial charge on any atom is 0.224 e. The molecule has 0 aromatic heterocycles. The van der Waals surface area contributed by atoms with Crippen LogP contribution in [0, 0.1) is 11.8 Å². The first kappa shape index (κ1) is 13.4. The summed E-state index contributed by atoms with van der Waals surface area (Å²) in [4.78, 5) is 12.4. The van der Waals surface area contributed by atoms with Crippen LogP contribution in [0.1, 0.15) is 36.4 Å². The molecule has 3 rings (SSSR count). The molecule has 2 atom stereocenters. The molecule has 0 aliphatic heterocycles. The third kappa shape index (κ3) is 2.50. The number of rotatable bonds is 3. The van der Waals surface area contributed by atoms with Gasteiger partial charge in [-0.05, 0) is 36.8 Å². The molecule has 1 aromatic carbocycles. The minimum absolute atomic E-state index is 0.0435. The molecule has 20 heavy (non-hydrogen) atoms. The van der Waals surface area contributed by atoms with Crippen LogP contribution >= 0.6 is 0 Å². The first-order valence-corrected chi connectivity index (χ1v) is 7.43. The number of nitrogens with one attached hydrogen (secondary N) is 1. The number of allylic oxidation sites excluding steroid dienone is 2. The van der Waals surface area contributed by atoms with E-state index >= 15 is 0 Å². The molecule has 1 amide bonds. The molecule has 0 radical (unpaired) electrons. The van der Waals surface area contributed by atoms with E-state index in [1.165, 1.54) is 11.1 Å². The van der Waals surface area contributed by atoms with Crippen molar-refractivity contribution in [2.75, 3.05) is 6.61 Å². The first-order chi connectivity index (χ1) is 9.79. The summed E-state index contributed by atoms with van der Waals surface area (Å²) in [5, 5.41) is 12.8. The van der Waals surface area contributed by atoms with Crippen LogP contribution in [0.25, 0.3) is 0 Å². The smallest absolute Gasteiger partial charge is 0.224 e. The fourth-order valence-electron chi connectivity index (χ4n) is 3.32. The SMILES string of the molecule is O=C(N[C@H]1c2ccccc2CC[C@@H]1CO)C1CC=CC1. The highest BCUT2D eigenvalue weighted by Crippen LogP contribution is 2.34. The van der Waals surface area contributed by atoms with E-state index < -0.39 is 0 Å². The van der Waals surface area contributed by atoms with Gasteiger partial charge in [-0.1, -0.05) is 36.4 Å². The number of amides is 1. The van der Waals surface area contributed by atoms with Gasteiger partial charge in [0.1, 0.15) is 0 Å². The second kappa shape index (κ2) is 5.80. The third-order valence-electron chi connectivity index (χ3n) is 4.56. The van der Waals surface area contributed by atoms with E-state index in [-0.39, 0.29) is 30.4 Å². The molecule has 0 spiro atoms. The summed E-state index contributed by atoms with van der Waals surface area (Å²) >= 11 is 0. The molecule has 106 valence electrons. The van der Waals surface area contributed by atoms with Gasteiger partial charge in [0.2, 0.25) is 5.91 Å². The number of carbonyl (C=O) groups is 1. The molecule has 0 saturated carbocycles. The van der Waals surface area contributed by atoms with Crippen molar-refractivity contribution in [3.05, 3.63) is 47.5 Å². The van der Waals surface area contributed by atoms with Crippen molar-refractivity contribution in [2.45, 2.75) is 31.7 Å². The van der Waals surface area contributed by atoms with E-state index in [2.05, 4.69) is 29.6 Å². The van der Waals surface area contributed by atoms with Crippen molar-refractivity contribution in [3.63, 3.8) is 0 Å². The lowest BCUT2D eigenvalue weighted by molar-refractivity contribution is -0.126. The van der Waals surface area contributed by atoms with Crippen LogP contribution < -0.4 is 5.32 Å². The predicted octanol–water partition coefficient (Wildman–Crippen LogP) is 2.36. The molecule has 0 bridgehead atoms. The van der Waals surface area contributed by atoms with Crippen LogP contribution in [0.2, 0.25) is 0 Å². The summed E-state index contributed by atoms with van der Waals surface area (Å²) in [6.07, 6.45) is 7.74. The zero-order valence-electron chi connectivity index (χ0n) is 11.6. The maximum absolute atomic E-state index is 12.4. The van der Waals surface area contributed by atoms with Gasteiger partial charge in [-0.2, -0.15) is 0 Å². The Kier molecular flexibility index (Phi) is 3.88. The number of carbonyl (C=O) groups excluding carboxylic acids is 1. The molecule has 0 heterocycles. The monoisotopic (exact) mass is 271 g/mol. The molecule has 1 aromatic rings. The molecule has 0 fully saturated rings. The van der Waals surface area contributed by atoms with Gasteiger partial charge in [-0.3, -0.25) is 4.79 Å². The van der Waals surface area contributed by atoms with Crippen molar-refractivity contribution in [1.82, 2.24) is 5.32 Å². The standard InChI is InChI=1S/C17H21NO2/c19-11-14-10-9-12-5-3-4-8-15(12)16(14)18-17(20)13-6-1-2-7-13/h1-5,8,13-14,16,19H,6-7,9-11H2,(H,18,20)/t14-,16-/m1/s1. The lowest BCUT2D eigenvalue weighted by Gasteiger charge is -2.33. The second-order valence-electron chi connectivity index (χ2n) is 5.81. The number of fused-ring (bicyclic) bond motifs is 1. The van der Waals surface area contributed by atoms with Crippen molar-refractivity contribution < 1.29 is 9.90 Å². The van der Waals surface area contributed by atoms with Gasteiger partial charge in [0.05, 0.1) is 6.04 Å². The fourth-order valence-corrected chi connectivity index (χ4v) is 3.32. The number of benzene rings is 1. The molecule has 3 nitrogen and oxygen atoms in total. The second-order valence-corrected chi connectivity index (χ2v) is 5.81. The molecular weight excluding hydrogens is 250 g/mol. The average Bonchev–Trinajstić information content (AvgIpc) is 3.02. The van der Waals surface area contributed by atoms with Gasteiger partial charge in [-0.25, -0.2) is 0 Å². The Labute approximate surface area is 119 Å². The predicted molar refractivity (Wildman–Crippen MR) is 78.1 cm³/mol. The van der Waals surface area contributed by atoms with Gasteiger partial charge in [-0.15, -0.1) is 0 Å². The molecule has 3 heteroatoms. The highest BCUT2D eigenvalue weighted by atomic mass is 16.3. The van der Waals surface area contributed by atoms with Gasteiger partial charge in [0, 0.05) is 18.4 Å². The summed E-state index contributed by atoms with van der Waals surface area (Å²) in [5.41, 5.74) is 2.48. The Morgan fingerprint density at radius 2 is 2.00 bits per heavy atom. The zero-order chi connectivity index (χ0) is 13.9.